The van der Waals surface area contributed by atoms with Gasteiger partial charge in [-0.25, -0.2) is 0 Å². The number of hydrogen-bond acceptors (Lipinski definition) is 2. The Bertz CT molecular complexity index is 436. The third-order valence-corrected chi connectivity index (χ3v) is 5.85. The highest BCUT2D eigenvalue weighted by Crippen LogP contribution is 2.17. The maximum Gasteiger partial charge on any atom is 0.158 e. The van der Waals surface area contributed by atoms with Crippen molar-refractivity contribution in [1.29, 1.82) is 0 Å². The minimum absolute atomic E-state index is 0.0382. The number of rotatable bonds is 23. The molecule has 1 unspecified atom stereocenters. The van der Waals surface area contributed by atoms with E-state index in [4.69, 9.17) is 0 Å². The molecule has 30 heavy (non-hydrogen) atoms. The lowest BCUT2D eigenvalue weighted by Crippen LogP contribution is -2.11. The molecule has 0 aromatic rings. The predicted molar refractivity (Wildman–Crippen MR) is 132 cm³/mol. The molecule has 0 radical (unpaired) electrons. The number of carbonyl (C=O) groups excluding carboxylic acids is 2. The number of unbranched alkanes of at least 4 members (excludes halogenated alkanes) is 14. The molecule has 2 heteroatoms. The van der Waals surface area contributed by atoms with Crippen molar-refractivity contribution in [2.24, 2.45) is 5.92 Å². The molecule has 0 saturated carbocycles. The van der Waals surface area contributed by atoms with Gasteiger partial charge in [-0.15, -0.1) is 0 Å². The molecule has 1 atom stereocenters. The van der Waals surface area contributed by atoms with E-state index in [1.807, 2.05) is 6.08 Å². The summed E-state index contributed by atoms with van der Waals surface area (Å²) < 4.78 is 0. The molecule has 0 rings (SSSR count). The van der Waals surface area contributed by atoms with Crippen LogP contribution in [0.25, 0.3) is 0 Å². The van der Waals surface area contributed by atoms with Crippen molar-refractivity contribution in [2.75, 3.05) is 0 Å². The second-order valence-corrected chi connectivity index (χ2v) is 8.77. The van der Waals surface area contributed by atoms with Crippen LogP contribution in [-0.4, -0.2) is 12.1 Å². The standard InChI is InChI=1S/C28H50O2/c1-3-5-7-9-11-12-13-14-16-18-20-25-28(30)27(24-21-22-26-29)23-19-17-15-10-8-6-4-2/h17,19-20,25-27H,3-16,18,21-24H2,1-2H3/b19-17-,25-20-. The average Bonchev–Trinajstić information content (AvgIpc) is 2.75. The van der Waals surface area contributed by atoms with Crippen molar-refractivity contribution < 1.29 is 9.59 Å². The fourth-order valence-corrected chi connectivity index (χ4v) is 3.80. The Hall–Kier alpha value is -1.18. The lowest BCUT2D eigenvalue weighted by molar-refractivity contribution is -0.118. The highest BCUT2D eigenvalue weighted by Gasteiger charge is 2.13. The minimum atomic E-state index is 0.0382. The van der Waals surface area contributed by atoms with E-state index in [9.17, 15) is 9.59 Å². The lowest BCUT2D eigenvalue weighted by Gasteiger charge is -2.11. The number of carbonyl (C=O) groups is 2. The van der Waals surface area contributed by atoms with Crippen LogP contribution in [0.15, 0.2) is 24.3 Å². The van der Waals surface area contributed by atoms with E-state index in [1.165, 1.54) is 83.5 Å². The zero-order chi connectivity index (χ0) is 22.1. The Morgan fingerprint density at radius 2 is 1.17 bits per heavy atom. The SMILES string of the molecule is CCCCCC/C=C\CC(CCCC=O)C(=O)/C=C\CCCCCCCCCCC. The first-order valence-corrected chi connectivity index (χ1v) is 13.0. The second kappa shape index (κ2) is 24.1. The fourth-order valence-electron chi connectivity index (χ4n) is 3.80. The molecule has 0 aromatic heterocycles. The summed E-state index contributed by atoms with van der Waals surface area (Å²) in [6.07, 6.45) is 31.5. The first kappa shape index (κ1) is 28.8. The molecule has 0 aliphatic carbocycles. The largest absolute Gasteiger partial charge is 0.303 e. The highest BCUT2D eigenvalue weighted by atomic mass is 16.1. The molecular weight excluding hydrogens is 368 g/mol. The maximum atomic E-state index is 12.6. The quantitative estimate of drug-likeness (QED) is 0.0718. The molecule has 0 heterocycles. The van der Waals surface area contributed by atoms with E-state index >= 15 is 0 Å². The summed E-state index contributed by atoms with van der Waals surface area (Å²) in [5, 5.41) is 0. The van der Waals surface area contributed by atoms with Crippen LogP contribution in [0.4, 0.5) is 0 Å². The Balaban J connectivity index is 4.02. The average molecular weight is 419 g/mol. The van der Waals surface area contributed by atoms with Gasteiger partial charge in [0.15, 0.2) is 5.78 Å². The molecule has 0 aliphatic heterocycles. The van der Waals surface area contributed by atoms with Crippen molar-refractivity contribution >= 4 is 12.1 Å². The van der Waals surface area contributed by atoms with Gasteiger partial charge in [-0.3, -0.25) is 4.79 Å². The summed E-state index contributed by atoms with van der Waals surface area (Å²) >= 11 is 0. The summed E-state index contributed by atoms with van der Waals surface area (Å²) in [4.78, 5) is 23.2. The van der Waals surface area contributed by atoms with Crippen LogP contribution < -0.4 is 0 Å². The summed E-state index contributed by atoms with van der Waals surface area (Å²) in [6, 6.07) is 0. The molecule has 2 nitrogen and oxygen atoms in total. The first-order valence-electron chi connectivity index (χ1n) is 13.0. The van der Waals surface area contributed by atoms with E-state index in [0.717, 1.165) is 38.4 Å². The van der Waals surface area contributed by atoms with Gasteiger partial charge in [0.1, 0.15) is 6.29 Å². The number of aldehydes is 1. The van der Waals surface area contributed by atoms with Crippen molar-refractivity contribution in [2.45, 2.75) is 136 Å². The van der Waals surface area contributed by atoms with Crippen LogP contribution in [-0.2, 0) is 9.59 Å². The number of ketones is 1. The first-order chi connectivity index (χ1) is 14.8. The molecule has 0 bridgehead atoms. The molecule has 0 aromatic carbocycles. The van der Waals surface area contributed by atoms with Crippen LogP contribution in [0.3, 0.4) is 0 Å². The van der Waals surface area contributed by atoms with Crippen molar-refractivity contribution in [3.63, 3.8) is 0 Å². The zero-order valence-electron chi connectivity index (χ0n) is 20.2. The van der Waals surface area contributed by atoms with Gasteiger partial charge < -0.3 is 4.79 Å². The van der Waals surface area contributed by atoms with Gasteiger partial charge in [0.2, 0.25) is 0 Å². The van der Waals surface area contributed by atoms with Crippen molar-refractivity contribution in [3.8, 4) is 0 Å². The predicted octanol–water partition coefficient (Wildman–Crippen LogP) is 8.93. The molecular formula is C28H50O2. The molecule has 0 aliphatic rings. The summed E-state index contributed by atoms with van der Waals surface area (Å²) in [7, 11) is 0. The summed E-state index contributed by atoms with van der Waals surface area (Å²) in [6.45, 7) is 4.49. The molecule has 0 N–H and O–H groups in total. The Morgan fingerprint density at radius 3 is 1.77 bits per heavy atom. The van der Waals surface area contributed by atoms with E-state index in [0.29, 0.717) is 6.42 Å². The van der Waals surface area contributed by atoms with Gasteiger partial charge >= 0.3 is 0 Å². The molecule has 0 spiro atoms. The van der Waals surface area contributed by atoms with Gasteiger partial charge in [-0.2, -0.15) is 0 Å². The van der Waals surface area contributed by atoms with Crippen LogP contribution in [0.5, 0.6) is 0 Å². The van der Waals surface area contributed by atoms with Gasteiger partial charge in [0.05, 0.1) is 0 Å². The number of hydrogen-bond donors (Lipinski definition) is 0. The molecule has 174 valence electrons. The lowest BCUT2D eigenvalue weighted by atomic mass is 9.93. The van der Waals surface area contributed by atoms with Crippen LogP contribution in [0, 0.1) is 5.92 Å². The Labute approximate surface area is 188 Å². The van der Waals surface area contributed by atoms with E-state index in [2.05, 4.69) is 32.1 Å². The van der Waals surface area contributed by atoms with Gasteiger partial charge in [0, 0.05) is 12.3 Å². The monoisotopic (exact) mass is 418 g/mol. The molecule has 0 saturated heterocycles. The number of allylic oxidation sites excluding steroid dienone is 4. The topological polar surface area (TPSA) is 34.1 Å². The van der Waals surface area contributed by atoms with Gasteiger partial charge in [-0.05, 0) is 51.0 Å². The second-order valence-electron chi connectivity index (χ2n) is 8.77. The van der Waals surface area contributed by atoms with Crippen LogP contribution in [0.1, 0.15) is 136 Å². The van der Waals surface area contributed by atoms with Crippen molar-refractivity contribution in [3.05, 3.63) is 24.3 Å². The van der Waals surface area contributed by atoms with Crippen LogP contribution in [0.2, 0.25) is 0 Å². The van der Waals surface area contributed by atoms with E-state index in [1.54, 1.807) is 0 Å². The van der Waals surface area contributed by atoms with Gasteiger partial charge in [-0.1, -0.05) is 103 Å². The molecule has 0 fully saturated rings. The highest BCUT2D eigenvalue weighted by molar-refractivity contribution is 5.91. The van der Waals surface area contributed by atoms with Gasteiger partial charge in [0.25, 0.3) is 0 Å². The Kier molecular flexibility index (Phi) is 23.1. The summed E-state index contributed by atoms with van der Waals surface area (Å²) in [5.74, 6) is 0.281. The fraction of sp³-hybridized carbons (Fsp3) is 0.786. The molecule has 0 amide bonds. The normalized spacial score (nSPS) is 12.7. The zero-order valence-corrected chi connectivity index (χ0v) is 20.2. The van der Waals surface area contributed by atoms with E-state index < -0.39 is 0 Å². The van der Waals surface area contributed by atoms with Crippen LogP contribution >= 0.6 is 0 Å². The van der Waals surface area contributed by atoms with E-state index in [-0.39, 0.29) is 11.7 Å². The maximum absolute atomic E-state index is 12.6. The Morgan fingerprint density at radius 1 is 0.633 bits per heavy atom. The smallest absolute Gasteiger partial charge is 0.158 e. The third-order valence-electron chi connectivity index (χ3n) is 5.85. The third kappa shape index (κ3) is 20.1. The van der Waals surface area contributed by atoms with Crippen molar-refractivity contribution in [1.82, 2.24) is 0 Å². The minimum Gasteiger partial charge on any atom is -0.303 e. The summed E-state index contributed by atoms with van der Waals surface area (Å²) in [5.41, 5.74) is 0.